The second-order valence-corrected chi connectivity index (χ2v) is 25.9. The fourth-order valence-electron chi connectivity index (χ4n) is 16.2. The van der Waals surface area contributed by atoms with Crippen LogP contribution in [0.5, 0.6) is 0 Å². The molecule has 0 radical (unpaired) electrons. The van der Waals surface area contributed by atoms with Crippen molar-refractivity contribution < 1.29 is 114 Å². The average Bonchev–Trinajstić information content (AvgIpc) is 3.47. The number of esters is 1. The minimum Gasteiger partial charge on any atom is -0.479 e. The first-order valence-electron chi connectivity index (χ1n) is 27.2. The zero-order chi connectivity index (χ0) is 55.6. The Kier molecular flexibility index (Phi) is 16.2. The molecule has 4 aliphatic heterocycles. The third-order valence-corrected chi connectivity index (χ3v) is 21.0. The van der Waals surface area contributed by atoms with Crippen LogP contribution in [-0.2, 0) is 47.5 Å². The normalized spacial score (nSPS) is 52.9. The van der Waals surface area contributed by atoms with Gasteiger partial charge in [-0.05, 0) is 109 Å². The van der Waals surface area contributed by atoms with E-state index in [0.29, 0.717) is 38.5 Å². The van der Waals surface area contributed by atoms with Crippen molar-refractivity contribution in [3.05, 3.63) is 11.6 Å². The number of hydrogen-bond acceptors (Lipinski definition) is 22. The molecular weight excluding hydrogens is 1000 g/mol. The molecule has 76 heavy (non-hydrogen) atoms. The summed E-state index contributed by atoms with van der Waals surface area (Å²) in [6.07, 6.45) is -25.0. The van der Waals surface area contributed by atoms with Crippen molar-refractivity contribution >= 4 is 11.9 Å². The van der Waals surface area contributed by atoms with Gasteiger partial charge in [-0.2, -0.15) is 0 Å². The van der Waals surface area contributed by atoms with E-state index in [9.17, 15) is 76.0 Å². The lowest BCUT2D eigenvalue weighted by Crippen LogP contribution is -2.68. The molecule has 23 nitrogen and oxygen atoms in total. The fraction of sp³-hybridized carbons (Fsp3) is 0.925. The van der Waals surface area contributed by atoms with Gasteiger partial charge in [0, 0.05) is 0 Å². The Morgan fingerprint density at radius 2 is 1.18 bits per heavy atom. The predicted octanol–water partition coefficient (Wildman–Crippen LogP) is -1.30. The van der Waals surface area contributed by atoms with Crippen molar-refractivity contribution in [3.63, 3.8) is 0 Å². The second kappa shape index (κ2) is 21.0. The smallest absolute Gasteiger partial charge is 0.335 e. The molecule has 0 bridgehead atoms. The molecule has 23 heteroatoms. The van der Waals surface area contributed by atoms with Crippen molar-refractivity contribution in [2.24, 2.45) is 50.2 Å². The first kappa shape index (κ1) is 58.6. The largest absolute Gasteiger partial charge is 0.479 e. The van der Waals surface area contributed by atoms with Crippen LogP contribution in [0.25, 0.3) is 0 Å². The number of hydrogen-bond donors (Lipinski definition) is 13. The van der Waals surface area contributed by atoms with Gasteiger partial charge in [-0.25, -0.2) is 4.79 Å². The van der Waals surface area contributed by atoms with Crippen LogP contribution in [0, 0.1) is 50.2 Å². The van der Waals surface area contributed by atoms with E-state index in [1.807, 2.05) is 0 Å². The number of carbonyl (C=O) groups excluding carboxylic acids is 1. The van der Waals surface area contributed by atoms with Crippen molar-refractivity contribution in [1.82, 2.24) is 0 Å². The Balaban J connectivity index is 0.970. The van der Waals surface area contributed by atoms with Crippen LogP contribution >= 0.6 is 0 Å². The lowest BCUT2D eigenvalue weighted by molar-refractivity contribution is -0.384. The first-order valence-corrected chi connectivity index (χ1v) is 27.2. The number of fused-ring (bicyclic) bond motifs is 7. The molecule has 4 heterocycles. The summed E-state index contributed by atoms with van der Waals surface area (Å²) in [4.78, 5) is 27.9. The molecule has 4 saturated heterocycles. The zero-order valence-electron chi connectivity index (χ0n) is 44.4. The molecule has 9 rings (SSSR count). The van der Waals surface area contributed by atoms with Gasteiger partial charge in [-0.1, -0.05) is 60.1 Å². The summed E-state index contributed by atoms with van der Waals surface area (Å²) < 4.78 is 47.5. The number of aliphatic hydroxyl groups is 12. The highest BCUT2D eigenvalue weighted by Gasteiger charge is 2.70. The molecule has 8 fully saturated rings. The summed E-state index contributed by atoms with van der Waals surface area (Å²) in [7, 11) is 0. The maximum Gasteiger partial charge on any atom is 0.335 e. The summed E-state index contributed by atoms with van der Waals surface area (Å²) >= 11 is 0. The van der Waals surface area contributed by atoms with Crippen LogP contribution in [0.3, 0.4) is 0 Å². The summed E-state index contributed by atoms with van der Waals surface area (Å²) in [6.45, 7) is 13.7. The number of allylic oxidation sites excluding steroid dienone is 2. The van der Waals surface area contributed by atoms with E-state index in [2.05, 4.69) is 54.5 Å². The fourth-order valence-corrected chi connectivity index (χ4v) is 16.2. The maximum absolute atomic E-state index is 14.8. The van der Waals surface area contributed by atoms with Gasteiger partial charge < -0.3 is 104 Å². The SMILES string of the molecule is CC1(C)CC[C@]2(C(=O)O[C@@H]3O[C@H](CO)[C@@H](O)[C@H](O)[C@H]3O)CC[C@]3(C)C(=CC[C@@H]4[C@@]5(C)CC[C@H](O[C@@H]6O[C@H](C(=O)O)[C@@H](O[C@@H]7OC[C@@H](O)[C@H](O)[C@H]7O)[C@H](O[C@@H]7O[C@H](CO)[C@H](O)[C@H](O)[C@H]7O)[C@H]6O)C(C)(C)[C@@H]5CC[C@]43C)[C@@H]2C1. The van der Waals surface area contributed by atoms with Crippen LogP contribution in [0.1, 0.15) is 113 Å². The number of aliphatic carboxylic acids is 1. The monoisotopic (exact) mass is 1090 g/mol. The quantitative estimate of drug-likeness (QED) is 0.0649. The van der Waals surface area contributed by atoms with E-state index in [4.69, 9.17) is 37.9 Å². The van der Waals surface area contributed by atoms with Gasteiger partial charge in [0.2, 0.25) is 6.29 Å². The molecule has 9 aliphatic rings. The Morgan fingerprint density at radius 3 is 1.82 bits per heavy atom. The highest BCUT2D eigenvalue weighted by Crippen LogP contribution is 2.76. The highest BCUT2D eigenvalue weighted by atomic mass is 16.8. The minimum absolute atomic E-state index is 0.0279. The molecule has 13 N–H and O–H groups in total. The number of ether oxygens (including phenoxy) is 8. The van der Waals surface area contributed by atoms with Gasteiger partial charge in [0.25, 0.3) is 0 Å². The van der Waals surface area contributed by atoms with Crippen LogP contribution < -0.4 is 0 Å². The van der Waals surface area contributed by atoms with E-state index in [1.54, 1.807) is 0 Å². The topological polar surface area (TPSA) is 371 Å². The molecule has 4 saturated carbocycles. The first-order chi connectivity index (χ1) is 35.5. The number of carboxylic acids is 1. The molecule has 0 aromatic rings. The van der Waals surface area contributed by atoms with E-state index >= 15 is 0 Å². The van der Waals surface area contributed by atoms with Crippen molar-refractivity contribution in [1.29, 1.82) is 0 Å². The number of carbonyl (C=O) groups is 2. The summed E-state index contributed by atoms with van der Waals surface area (Å²) in [6, 6.07) is 0. The van der Waals surface area contributed by atoms with Crippen LogP contribution in [0.15, 0.2) is 11.6 Å². The Morgan fingerprint density at radius 1 is 0.605 bits per heavy atom. The van der Waals surface area contributed by atoms with E-state index < -0.39 is 165 Å². The Labute approximate surface area is 442 Å². The molecule has 5 aliphatic carbocycles. The lowest BCUT2D eigenvalue weighted by Gasteiger charge is -2.71. The average molecular weight is 1090 g/mol. The molecule has 0 unspecified atom stereocenters. The molecule has 0 aromatic carbocycles. The van der Waals surface area contributed by atoms with Gasteiger partial charge in [0.1, 0.15) is 85.5 Å². The van der Waals surface area contributed by atoms with Gasteiger partial charge >= 0.3 is 11.9 Å². The van der Waals surface area contributed by atoms with Crippen LogP contribution in [-0.4, -0.2) is 221 Å². The van der Waals surface area contributed by atoms with Crippen LogP contribution in [0.4, 0.5) is 0 Å². The summed E-state index contributed by atoms with van der Waals surface area (Å²) in [5, 5.41) is 138. The van der Waals surface area contributed by atoms with Crippen molar-refractivity contribution in [2.75, 3.05) is 19.8 Å². The molecule has 0 amide bonds. The van der Waals surface area contributed by atoms with E-state index in [-0.39, 0.29) is 39.4 Å². The maximum atomic E-state index is 14.8. The molecule has 434 valence electrons. The number of carboxylic acid groups (broad SMARTS) is 1. The summed E-state index contributed by atoms with van der Waals surface area (Å²) in [5.41, 5.74) is -1.33. The van der Waals surface area contributed by atoms with Gasteiger partial charge in [-0.3, -0.25) is 4.79 Å². The van der Waals surface area contributed by atoms with Crippen LogP contribution in [0.2, 0.25) is 0 Å². The molecule has 0 aromatic heterocycles. The van der Waals surface area contributed by atoms with Crippen molar-refractivity contribution in [3.8, 4) is 0 Å². The third-order valence-electron chi connectivity index (χ3n) is 21.0. The second-order valence-electron chi connectivity index (χ2n) is 25.9. The summed E-state index contributed by atoms with van der Waals surface area (Å²) in [5.74, 6) is -2.16. The van der Waals surface area contributed by atoms with E-state index in [0.717, 1.165) is 25.7 Å². The molecule has 27 atom stereocenters. The highest BCUT2D eigenvalue weighted by molar-refractivity contribution is 5.79. The predicted molar refractivity (Wildman–Crippen MR) is 257 cm³/mol. The van der Waals surface area contributed by atoms with Gasteiger partial charge in [-0.15, -0.1) is 0 Å². The number of aliphatic hydroxyl groups excluding tert-OH is 12. The Hall–Kier alpha value is -2.08. The third kappa shape index (κ3) is 9.42. The molecule has 0 spiro atoms. The standard InChI is InChI=1S/C53H84O23/c1-48(2)14-16-53(47(68)76-45-37(64)34(61)32(59)26(20-55)71-45)17-15-51(6)22(23(53)18-48)8-9-28-50(5)12-11-29(49(3,4)27(50)10-13-52(28,51)7)72-46-38(65)39(73-44-36(63)33(60)31(58)25(19-54)70-44)40(41(75-46)42(66)67)74-43-35(62)30(57)24(56)21-69-43/h8,23-41,43-46,54-65H,9-21H2,1-7H3,(H,66,67)/t23-,24+,25+,26+,27-,28+,29-,30-,31-,32+,33-,34-,35+,36+,37+,38+,39+,40-,41-,43-,44-,45-,46+,50-,51+,52+,53-/m0/s1. The molecular formula is C53H84O23. The van der Waals surface area contributed by atoms with E-state index in [1.165, 1.54) is 5.57 Å². The number of rotatable bonds is 11. The minimum atomic E-state index is -2.03. The van der Waals surface area contributed by atoms with Gasteiger partial charge in [0.15, 0.2) is 25.0 Å². The van der Waals surface area contributed by atoms with Gasteiger partial charge in [0.05, 0.1) is 31.3 Å². The Bertz CT molecular complexity index is 2140. The van der Waals surface area contributed by atoms with Crippen molar-refractivity contribution in [2.45, 2.75) is 235 Å². The lowest BCUT2D eigenvalue weighted by atomic mass is 9.33. The zero-order valence-corrected chi connectivity index (χ0v) is 44.4.